The van der Waals surface area contributed by atoms with Gasteiger partial charge in [0.1, 0.15) is 12.2 Å². The van der Waals surface area contributed by atoms with Crippen molar-refractivity contribution in [3.05, 3.63) is 61.4 Å². The molecule has 7 nitrogen and oxygen atoms in total. The van der Waals surface area contributed by atoms with E-state index < -0.39 is 16.7 Å². The SMILES string of the molecule is O=c1c(=O)n2c(nn1C1CCCC1)CO[C@@]1(CCN(Cc3cccc(Cl)c3)C1)C2. The van der Waals surface area contributed by atoms with Crippen LogP contribution in [0.1, 0.15) is 49.5 Å². The number of benzene rings is 1. The van der Waals surface area contributed by atoms with Gasteiger partial charge >= 0.3 is 11.1 Å². The zero-order chi connectivity index (χ0) is 20.0. The topological polar surface area (TPSA) is 69.4 Å². The van der Waals surface area contributed by atoms with Crippen LogP contribution in [-0.4, -0.2) is 37.9 Å². The highest BCUT2D eigenvalue weighted by molar-refractivity contribution is 6.30. The minimum Gasteiger partial charge on any atom is -0.364 e. The van der Waals surface area contributed by atoms with Gasteiger partial charge in [-0.2, -0.15) is 5.10 Å². The van der Waals surface area contributed by atoms with Crippen LogP contribution in [0.2, 0.25) is 5.02 Å². The summed E-state index contributed by atoms with van der Waals surface area (Å²) in [5, 5.41) is 5.25. The van der Waals surface area contributed by atoms with Gasteiger partial charge in [0.05, 0.1) is 12.6 Å². The smallest absolute Gasteiger partial charge is 0.332 e. The largest absolute Gasteiger partial charge is 0.364 e. The Morgan fingerprint density at radius 3 is 2.79 bits per heavy atom. The van der Waals surface area contributed by atoms with Crippen LogP contribution in [0.5, 0.6) is 0 Å². The zero-order valence-corrected chi connectivity index (χ0v) is 17.1. The van der Waals surface area contributed by atoms with Crippen LogP contribution in [-0.2, 0) is 24.4 Å². The summed E-state index contributed by atoms with van der Waals surface area (Å²) in [5.74, 6) is 0.570. The third kappa shape index (κ3) is 3.56. The molecule has 1 saturated heterocycles. The Hall–Kier alpha value is -1.96. The summed E-state index contributed by atoms with van der Waals surface area (Å²) >= 11 is 6.10. The predicted octanol–water partition coefficient (Wildman–Crippen LogP) is 2.35. The molecule has 1 spiro atoms. The minimum atomic E-state index is -0.494. The maximum absolute atomic E-state index is 12.8. The average molecular weight is 417 g/mol. The van der Waals surface area contributed by atoms with Crippen LogP contribution in [0.4, 0.5) is 0 Å². The van der Waals surface area contributed by atoms with E-state index in [0.29, 0.717) is 12.4 Å². The Morgan fingerprint density at radius 1 is 1.17 bits per heavy atom. The van der Waals surface area contributed by atoms with Crippen LogP contribution < -0.4 is 11.1 Å². The first-order chi connectivity index (χ1) is 14.0. The van der Waals surface area contributed by atoms with Gasteiger partial charge in [-0.25, -0.2) is 4.68 Å². The van der Waals surface area contributed by atoms with Crippen molar-refractivity contribution in [1.29, 1.82) is 0 Å². The summed E-state index contributed by atoms with van der Waals surface area (Å²) in [6.45, 7) is 3.05. The summed E-state index contributed by atoms with van der Waals surface area (Å²) in [7, 11) is 0. The summed E-state index contributed by atoms with van der Waals surface area (Å²) in [4.78, 5) is 27.8. The fourth-order valence-corrected chi connectivity index (χ4v) is 5.19. The first-order valence-corrected chi connectivity index (χ1v) is 10.7. The molecule has 29 heavy (non-hydrogen) atoms. The summed E-state index contributed by atoms with van der Waals surface area (Å²) in [6, 6.07) is 7.92. The van der Waals surface area contributed by atoms with Gasteiger partial charge < -0.3 is 4.74 Å². The number of halogens is 1. The van der Waals surface area contributed by atoms with Gasteiger partial charge in [0.25, 0.3) is 0 Å². The van der Waals surface area contributed by atoms with E-state index >= 15 is 0 Å². The summed E-state index contributed by atoms with van der Waals surface area (Å²) in [5.41, 5.74) is -0.239. The number of hydrogen-bond donors (Lipinski definition) is 0. The third-order valence-corrected chi connectivity index (χ3v) is 6.72. The van der Waals surface area contributed by atoms with Crippen molar-refractivity contribution >= 4 is 11.6 Å². The van der Waals surface area contributed by atoms with Crippen molar-refractivity contribution in [2.24, 2.45) is 0 Å². The Morgan fingerprint density at radius 2 is 2.00 bits per heavy atom. The molecular formula is C21H25ClN4O3. The predicted molar refractivity (Wildman–Crippen MR) is 109 cm³/mol. The highest BCUT2D eigenvalue weighted by atomic mass is 35.5. The Labute approximate surface area is 173 Å². The molecule has 5 rings (SSSR count). The molecule has 2 aromatic rings. The molecule has 2 aliphatic heterocycles. The van der Waals surface area contributed by atoms with Crippen molar-refractivity contribution in [3.63, 3.8) is 0 Å². The summed E-state index contributed by atoms with van der Waals surface area (Å²) in [6.07, 6.45) is 4.82. The van der Waals surface area contributed by atoms with E-state index in [-0.39, 0.29) is 12.6 Å². The number of aromatic nitrogens is 3. The van der Waals surface area contributed by atoms with Gasteiger partial charge in [0, 0.05) is 24.7 Å². The van der Waals surface area contributed by atoms with E-state index in [1.807, 2.05) is 18.2 Å². The van der Waals surface area contributed by atoms with E-state index in [2.05, 4.69) is 16.1 Å². The summed E-state index contributed by atoms with van der Waals surface area (Å²) < 4.78 is 9.23. The van der Waals surface area contributed by atoms with Crippen LogP contribution in [0.15, 0.2) is 33.9 Å². The molecule has 1 aliphatic carbocycles. The molecular weight excluding hydrogens is 392 g/mol. The third-order valence-electron chi connectivity index (χ3n) is 6.49. The number of rotatable bonds is 3. The molecule has 0 unspecified atom stereocenters. The second-order valence-electron chi connectivity index (χ2n) is 8.56. The molecule has 2 fully saturated rings. The van der Waals surface area contributed by atoms with Crippen molar-refractivity contribution in [2.45, 2.75) is 63.4 Å². The Bertz CT molecular complexity index is 1040. The van der Waals surface area contributed by atoms with Gasteiger partial charge in [-0.15, -0.1) is 0 Å². The molecule has 154 valence electrons. The number of likely N-dealkylation sites (tertiary alicyclic amines) is 1. The Balaban J connectivity index is 1.36. The van der Waals surface area contributed by atoms with Crippen LogP contribution in [0.25, 0.3) is 0 Å². The quantitative estimate of drug-likeness (QED) is 0.718. The monoisotopic (exact) mass is 416 g/mol. The van der Waals surface area contributed by atoms with E-state index in [4.69, 9.17) is 16.3 Å². The lowest BCUT2D eigenvalue weighted by Crippen LogP contribution is -2.53. The lowest BCUT2D eigenvalue weighted by molar-refractivity contribution is -0.0860. The number of nitrogens with zero attached hydrogens (tertiary/aromatic N) is 4. The number of fused-ring (bicyclic) bond motifs is 1. The van der Waals surface area contributed by atoms with Gasteiger partial charge in [-0.1, -0.05) is 36.6 Å². The Kier molecular flexibility index (Phi) is 4.84. The van der Waals surface area contributed by atoms with E-state index in [1.54, 1.807) is 4.57 Å². The molecule has 3 heterocycles. The maximum Gasteiger partial charge on any atom is 0.332 e. The van der Waals surface area contributed by atoms with Crippen molar-refractivity contribution in [2.75, 3.05) is 13.1 Å². The molecule has 1 aromatic carbocycles. The second kappa shape index (κ2) is 7.38. The average Bonchev–Trinajstić information content (AvgIpc) is 3.36. The first-order valence-electron chi connectivity index (χ1n) is 10.4. The minimum absolute atomic E-state index is 0.0525. The maximum atomic E-state index is 12.8. The lowest BCUT2D eigenvalue weighted by atomic mass is 10.0. The van der Waals surface area contributed by atoms with Gasteiger partial charge in [0.2, 0.25) is 0 Å². The molecule has 1 saturated carbocycles. The zero-order valence-electron chi connectivity index (χ0n) is 16.3. The molecule has 3 aliphatic rings. The molecule has 8 heteroatoms. The van der Waals surface area contributed by atoms with Crippen LogP contribution >= 0.6 is 11.6 Å². The lowest BCUT2D eigenvalue weighted by Gasteiger charge is -2.35. The molecule has 0 bridgehead atoms. The molecule has 1 atom stereocenters. The van der Waals surface area contributed by atoms with Crippen molar-refractivity contribution in [1.82, 2.24) is 19.2 Å². The standard InChI is InChI=1S/C21H25ClN4O3/c22-16-5-3-4-15(10-16)11-24-9-8-21(13-24)14-25-18(12-29-21)23-26(20(28)19(25)27)17-6-1-2-7-17/h3-5,10,17H,1-2,6-9,11-14H2/t21-/m1/s1. The van der Waals surface area contributed by atoms with E-state index in [9.17, 15) is 9.59 Å². The van der Waals surface area contributed by atoms with Crippen LogP contribution in [0.3, 0.4) is 0 Å². The van der Waals surface area contributed by atoms with Gasteiger partial charge in [0.15, 0.2) is 5.82 Å². The first kappa shape index (κ1) is 19.0. The fraction of sp³-hybridized carbons (Fsp3) is 0.571. The van der Waals surface area contributed by atoms with Crippen LogP contribution in [0, 0.1) is 0 Å². The molecule has 0 N–H and O–H groups in total. The van der Waals surface area contributed by atoms with E-state index in [1.165, 1.54) is 4.68 Å². The second-order valence-corrected chi connectivity index (χ2v) is 8.99. The molecule has 1 aromatic heterocycles. The van der Waals surface area contributed by atoms with Crippen molar-refractivity contribution < 1.29 is 4.74 Å². The van der Waals surface area contributed by atoms with Gasteiger partial charge in [-0.3, -0.25) is 19.1 Å². The number of ether oxygens (including phenoxy) is 1. The fourth-order valence-electron chi connectivity index (χ4n) is 4.97. The number of hydrogen-bond acceptors (Lipinski definition) is 5. The van der Waals surface area contributed by atoms with Crippen molar-refractivity contribution in [3.8, 4) is 0 Å². The normalized spacial score (nSPS) is 25.0. The molecule has 0 amide bonds. The van der Waals surface area contributed by atoms with E-state index in [0.717, 1.165) is 62.3 Å². The van der Waals surface area contributed by atoms with Gasteiger partial charge in [-0.05, 0) is 37.0 Å². The molecule has 0 radical (unpaired) electrons. The highest BCUT2D eigenvalue weighted by Gasteiger charge is 2.43. The highest BCUT2D eigenvalue weighted by Crippen LogP contribution is 2.32.